The molecule has 4 nitrogen and oxygen atoms in total. The second kappa shape index (κ2) is 5.23. The van der Waals surface area contributed by atoms with Gasteiger partial charge in [0.25, 0.3) is 0 Å². The number of halogens is 1. The van der Waals surface area contributed by atoms with Gasteiger partial charge in [0.1, 0.15) is 11.9 Å². The maximum atomic E-state index is 13.8. The highest BCUT2D eigenvalue weighted by Gasteiger charge is 2.16. The summed E-state index contributed by atoms with van der Waals surface area (Å²) in [5.74, 6) is 0.0153. The highest BCUT2D eigenvalue weighted by atomic mass is 19.1. The van der Waals surface area contributed by atoms with Gasteiger partial charge in [-0.15, -0.1) is 5.10 Å². The molecule has 1 heterocycles. The first-order valence-electron chi connectivity index (χ1n) is 5.51. The molecule has 0 aliphatic rings. The molecule has 0 saturated carbocycles. The molecule has 5 heteroatoms. The molecular formula is C13H11FN4. The number of anilines is 2. The van der Waals surface area contributed by atoms with Crippen molar-refractivity contribution < 1.29 is 4.39 Å². The molecule has 1 aromatic carbocycles. The van der Waals surface area contributed by atoms with E-state index in [9.17, 15) is 4.39 Å². The molecule has 0 N–H and O–H groups in total. The van der Waals surface area contributed by atoms with E-state index in [1.807, 2.05) is 13.0 Å². The highest BCUT2D eigenvalue weighted by Crippen LogP contribution is 2.27. The predicted molar refractivity (Wildman–Crippen MR) is 65.8 cm³/mol. The Morgan fingerprint density at radius 1 is 1.33 bits per heavy atom. The van der Waals surface area contributed by atoms with Crippen molar-refractivity contribution in [1.82, 2.24) is 10.2 Å². The minimum absolute atomic E-state index is 0.353. The Bertz CT molecular complexity index is 592. The molecule has 0 fully saturated rings. The summed E-state index contributed by atoms with van der Waals surface area (Å²) in [6.07, 6.45) is 1.44. The number of nitriles is 1. The lowest BCUT2D eigenvalue weighted by Crippen LogP contribution is -2.20. The fraction of sp³-hybridized carbons (Fsp3) is 0.154. The van der Waals surface area contributed by atoms with E-state index in [1.54, 1.807) is 29.2 Å². The summed E-state index contributed by atoms with van der Waals surface area (Å²) in [6, 6.07) is 9.98. The molecular weight excluding hydrogens is 231 g/mol. The average molecular weight is 242 g/mol. The Morgan fingerprint density at radius 3 is 2.78 bits per heavy atom. The van der Waals surface area contributed by atoms with Crippen LogP contribution >= 0.6 is 0 Å². The number of benzene rings is 1. The van der Waals surface area contributed by atoms with Crippen LogP contribution in [0.4, 0.5) is 15.9 Å². The van der Waals surface area contributed by atoms with Gasteiger partial charge in [0.2, 0.25) is 0 Å². The third-order valence-electron chi connectivity index (χ3n) is 2.54. The molecule has 90 valence electrons. The Kier molecular flexibility index (Phi) is 3.49. The van der Waals surface area contributed by atoms with Gasteiger partial charge in [-0.2, -0.15) is 10.4 Å². The van der Waals surface area contributed by atoms with E-state index in [2.05, 4.69) is 10.2 Å². The maximum Gasteiger partial charge on any atom is 0.173 e. The Morgan fingerprint density at radius 2 is 2.11 bits per heavy atom. The van der Waals surface area contributed by atoms with Crippen LogP contribution in [0.2, 0.25) is 0 Å². The van der Waals surface area contributed by atoms with E-state index in [0.717, 1.165) is 0 Å². The van der Waals surface area contributed by atoms with Crippen LogP contribution in [0.15, 0.2) is 36.5 Å². The normalized spacial score (nSPS) is 9.83. The minimum atomic E-state index is -0.353. The fourth-order valence-corrected chi connectivity index (χ4v) is 1.72. The monoisotopic (exact) mass is 242 g/mol. The van der Waals surface area contributed by atoms with Crippen LogP contribution in [0.3, 0.4) is 0 Å². The maximum absolute atomic E-state index is 13.8. The van der Waals surface area contributed by atoms with Gasteiger partial charge >= 0.3 is 0 Å². The van der Waals surface area contributed by atoms with Gasteiger partial charge in [-0.3, -0.25) is 0 Å². The van der Waals surface area contributed by atoms with Gasteiger partial charge in [-0.05, 0) is 25.1 Å². The van der Waals surface area contributed by atoms with Gasteiger partial charge < -0.3 is 4.90 Å². The van der Waals surface area contributed by atoms with E-state index in [4.69, 9.17) is 5.26 Å². The quantitative estimate of drug-likeness (QED) is 0.830. The van der Waals surface area contributed by atoms with E-state index in [-0.39, 0.29) is 5.82 Å². The van der Waals surface area contributed by atoms with Crippen molar-refractivity contribution in [3.63, 3.8) is 0 Å². The van der Waals surface area contributed by atoms with E-state index in [1.165, 1.54) is 12.3 Å². The number of nitrogens with zero attached hydrogens (tertiary/aromatic N) is 4. The minimum Gasteiger partial charge on any atom is -0.322 e. The first kappa shape index (κ1) is 12.0. The van der Waals surface area contributed by atoms with Crippen molar-refractivity contribution in [3.8, 4) is 6.07 Å². The number of hydrogen-bond acceptors (Lipinski definition) is 4. The zero-order chi connectivity index (χ0) is 13.0. The molecule has 0 atom stereocenters. The smallest absolute Gasteiger partial charge is 0.173 e. The zero-order valence-electron chi connectivity index (χ0n) is 9.84. The summed E-state index contributed by atoms with van der Waals surface area (Å²) in [5, 5.41) is 16.7. The van der Waals surface area contributed by atoms with Crippen molar-refractivity contribution in [2.75, 3.05) is 11.4 Å². The van der Waals surface area contributed by atoms with Gasteiger partial charge in [0.15, 0.2) is 5.82 Å². The van der Waals surface area contributed by atoms with Crippen molar-refractivity contribution in [1.29, 1.82) is 5.26 Å². The molecule has 0 aliphatic heterocycles. The van der Waals surface area contributed by atoms with E-state index < -0.39 is 0 Å². The van der Waals surface area contributed by atoms with Crippen LogP contribution < -0.4 is 4.90 Å². The molecule has 0 radical (unpaired) electrons. The number of rotatable bonds is 3. The first-order valence-corrected chi connectivity index (χ1v) is 5.51. The van der Waals surface area contributed by atoms with Crippen LogP contribution in [-0.4, -0.2) is 16.7 Å². The number of hydrogen-bond donors (Lipinski definition) is 0. The fourth-order valence-electron chi connectivity index (χ4n) is 1.72. The lowest BCUT2D eigenvalue weighted by Gasteiger charge is -2.22. The summed E-state index contributed by atoms with van der Waals surface area (Å²) in [4.78, 5) is 1.63. The van der Waals surface area contributed by atoms with E-state index in [0.29, 0.717) is 23.6 Å². The molecule has 2 aromatic rings. The zero-order valence-corrected chi connectivity index (χ0v) is 9.84. The topological polar surface area (TPSA) is 52.8 Å². The van der Waals surface area contributed by atoms with Crippen molar-refractivity contribution in [2.24, 2.45) is 0 Å². The molecule has 1 aromatic heterocycles. The molecule has 0 bridgehead atoms. The second-order valence-corrected chi connectivity index (χ2v) is 3.58. The SMILES string of the molecule is CCN(c1ccccc1F)c1nnccc1C#N. The van der Waals surface area contributed by atoms with Gasteiger partial charge in [-0.1, -0.05) is 12.1 Å². The van der Waals surface area contributed by atoms with Crippen molar-refractivity contribution in [3.05, 3.63) is 47.9 Å². The van der Waals surface area contributed by atoms with Crippen molar-refractivity contribution >= 4 is 11.5 Å². The molecule has 2 rings (SSSR count). The third-order valence-corrected chi connectivity index (χ3v) is 2.54. The lowest BCUT2D eigenvalue weighted by molar-refractivity contribution is 0.625. The van der Waals surface area contributed by atoms with Crippen LogP contribution in [0.1, 0.15) is 12.5 Å². The van der Waals surface area contributed by atoms with Crippen LogP contribution in [0, 0.1) is 17.1 Å². The summed E-state index contributed by atoms with van der Waals surface area (Å²) in [7, 11) is 0. The second-order valence-electron chi connectivity index (χ2n) is 3.58. The molecule has 0 saturated heterocycles. The molecule has 0 unspecified atom stereocenters. The highest BCUT2D eigenvalue weighted by molar-refractivity contribution is 5.65. The van der Waals surface area contributed by atoms with Gasteiger partial charge in [0, 0.05) is 6.54 Å². The summed E-state index contributed by atoms with van der Waals surface area (Å²) >= 11 is 0. The first-order chi connectivity index (χ1) is 8.77. The Labute approximate surface area is 104 Å². The summed E-state index contributed by atoms with van der Waals surface area (Å²) < 4.78 is 13.8. The van der Waals surface area contributed by atoms with Gasteiger partial charge in [-0.25, -0.2) is 4.39 Å². The van der Waals surface area contributed by atoms with Gasteiger partial charge in [0.05, 0.1) is 17.4 Å². The number of para-hydroxylation sites is 1. The number of aromatic nitrogens is 2. The van der Waals surface area contributed by atoms with Crippen LogP contribution in [-0.2, 0) is 0 Å². The molecule has 0 spiro atoms. The Balaban J connectivity index is 2.53. The average Bonchev–Trinajstić information content (AvgIpc) is 2.42. The molecule has 0 amide bonds. The summed E-state index contributed by atoms with van der Waals surface area (Å²) in [5.41, 5.74) is 0.757. The predicted octanol–water partition coefficient (Wildman–Crippen LogP) is 2.65. The van der Waals surface area contributed by atoms with Crippen molar-refractivity contribution in [2.45, 2.75) is 6.92 Å². The molecule has 18 heavy (non-hydrogen) atoms. The standard InChI is InChI=1S/C13H11FN4/c1-2-18(12-6-4-3-5-11(12)14)13-10(9-15)7-8-16-17-13/h3-8H,2H2,1H3. The Hall–Kier alpha value is -2.48. The summed E-state index contributed by atoms with van der Waals surface area (Å²) in [6.45, 7) is 2.36. The van der Waals surface area contributed by atoms with E-state index >= 15 is 0 Å². The molecule has 0 aliphatic carbocycles. The third kappa shape index (κ3) is 2.13. The largest absolute Gasteiger partial charge is 0.322 e. The lowest BCUT2D eigenvalue weighted by atomic mass is 10.2. The van der Waals surface area contributed by atoms with Crippen LogP contribution in [0.25, 0.3) is 0 Å². The van der Waals surface area contributed by atoms with Crippen LogP contribution in [0.5, 0.6) is 0 Å².